The summed E-state index contributed by atoms with van der Waals surface area (Å²) in [5.41, 5.74) is 1.03. The highest BCUT2D eigenvalue weighted by molar-refractivity contribution is 7.15. The standard InChI is InChI=1S/C12H18N2O2S/c1-5-7-16-8(3)11(15)14-12-13-10(6-2)9(4)17-12/h5,8H,1,6-7H2,2-4H3,(H,13,14,15). The Kier molecular flexibility index (Phi) is 5.31. The summed E-state index contributed by atoms with van der Waals surface area (Å²) in [5.74, 6) is -0.178. The second kappa shape index (κ2) is 6.51. The lowest BCUT2D eigenvalue weighted by Crippen LogP contribution is -2.27. The summed E-state index contributed by atoms with van der Waals surface area (Å²) in [6.45, 7) is 9.66. The van der Waals surface area contributed by atoms with Crippen molar-refractivity contribution in [3.05, 3.63) is 23.2 Å². The van der Waals surface area contributed by atoms with Gasteiger partial charge in [0.1, 0.15) is 6.10 Å². The number of ether oxygens (including phenoxy) is 1. The fraction of sp³-hybridized carbons (Fsp3) is 0.500. The molecular formula is C12H18N2O2S. The van der Waals surface area contributed by atoms with Crippen LogP contribution in [0.25, 0.3) is 0 Å². The molecule has 0 spiro atoms. The Hall–Kier alpha value is -1.20. The van der Waals surface area contributed by atoms with Gasteiger partial charge in [0.2, 0.25) is 0 Å². The fourth-order valence-corrected chi connectivity index (χ4v) is 2.21. The predicted molar refractivity (Wildman–Crippen MR) is 70.5 cm³/mol. The summed E-state index contributed by atoms with van der Waals surface area (Å²) in [6.07, 6.45) is 2.00. The summed E-state index contributed by atoms with van der Waals surface area (Å²) in [5, 5.41) is 3.39. The third-order valence-electron chi connectivity index (χ3n) is 2.29. The van der Waals surface area contributed by atoms with E-state index in [1.165, 1.54) is 11.3 Å². The van der Waals surface area contributed by atoms with E-state index >= 15 is 0 Å². The van der Waals surface area contributed by atoms with Gasteiger partial charge >= 0.3 is 0 Å². The molecule has 0 aliphatic heterocycles. The van der Waals surface area contributed by atoms with Gasteiger partial charge in [-0.2, -0.15) is 0 Å². The maximum atomic E-state index is 11.7. The molecule has 4 nitrogen and oxygen atoms in total. The molecule has 1 heterocycles. The maximum absolute atomic E-state index is 11.7. The summed E-state index contributed by atoms with van der Waals surface area (Å²) < 4.78 is 5.24. The molecule has 0 saturated carbocycles. The first-order valence-corrected chi connectivity index (χ1v) is 6.39. The van der Waals surface area contributed by atoms with E-state index in [0.717, 1.165) is 17.0 Å². The van der Waals surface area contributed by atoms with Crippen LogP contribution in [0, 0.1) is 6.92 Å². The molecule has 1 unspecified atom stereocenters. The molecule has 1 aromatic heterocycles. The first kappa shape index (κ1) is 13.9. The minimum atomic E-state index is -0.498. The maximum Gasteiger partial charge on any atom is 0.255 e. The van der Waals surface area contributed by atoms with Crippen LogP contribution in [-0.4, -0.2) is 23.6 Å². The lowest BCUT2D eigenvalue weighted by molar-refractivity contribution is -0.125. The monoisotopic (exact) mass is 254 g/mol. The largest absolute Gasteiger partial charge is 0.365 e. The smallest absolute Gasteiger partial charge is 0.255 e. The van der Waals surface area contributed by atoms with Crippen LogP contribution in [0.1, 0.15) is 24.4 Å². The van der Waals surface area contributed by atoms with E-state index in [0.29, 0.717) is 11.7 Å². The second-order valence-electron chi connectivity index (χ2n) is 3.63. The zero-order valence-corrected chi connectivity index (χ0v) is 11.3. The van der Waals surface area contributed by atoms with Gasteiger partial charge < -0.3 is 4.74 Å². The molecule has 0 saturated heterocycles. The molecule has 0 bridgehead atoms. The molecule has 1 N–H and O–H groups in total. The number of aromatic nitrogens is 1. The van der Waals surface area contributed by atoms with Gasteiger partial charge in [-0.1, -0.05) is 13.0 Å². The Morgan fingerprint density at radius 3 is 2.94 bits per heavy atom. The Morgan fingerprint density at radius 1 is 1.71 bits per heavy atom. The van der Waals surface area contributed by atoms with Crippen molar-refractivity contribution in [1.29, 1.82) is 0 Å². The normalized spacial score (nSPS) is 12.2. The van der Waals surface area contributed by atoms with E-state index in [1.807, 2.05) is 13.8 Å². The molecule has 1 amide bonds. The molecule has 0 fully saturated rings. The number of nitrogens with one attached hydrogen (secondary N) is 1. The minimum Gasteiger partial charge on any atom is -0.365 e. The molecule has 0 aromatic carbocycles. The fourth-order valence-electron chi connectivity index (χ4n) is 1.30. The second-order valence-corrected chi connectivity index (χ2v) is 4.83. The average molecular weight is 254 g/mol. The lowest BCUT2D eigenvalue weighted by Gasteiger charge is -2.10. The summed E-state index contributed by atoms with van der Waals surface area (Å²) in [7, 11) is 0. The van der Waals surface area contributed by atoms with Gasteiger partial charge in [-0.25, -0.2) is 4.98 Å². The molecule has 0 radical (unpaired) electrons. The number of anilines is 1. The van der Waals surface area contributed by atoms with E-state index in [-0.39, 0.29) is 5.91 Å². The van der Waals surface area contributed by atoms with Crippen molar-refractivity contribution in [3.8, 4) is 0 Å². The number of hydrogen-bond acceptors (Lipinski definition) is 4. The van der Waals surface area contributed by atoms with E-state index in [1.54, 1.807) is 13.0 Å². The van der Waals surface area contributed by atoms with Gasteiger partial charge in [0.15, 0.2) is 5.13 Å². The molecule has 5 heteroatoms. The van der Waals surface area contributed by atoms with Gasteiger partial charge in [0, 0.05) is 4.88 Å². The molecular weight excluding hydrogens is 236 g/mol. The first-order chi connectivity index (χ1) is 8.08. The number of amides is 1. The number of nitrogens with zero attached hydrogens (tertiary/aromatic N) is 1. The number of thiazole rings is 1. The number of hydrogen-bond donors (Lipinski definition) is 1. The third kappa shape index (κ3) is 3.94. The molecule has 0 aliphatic rings. The Labute approximate surface area is 106 Å². The van der Waals surface area contributed by atoms with E-state index in [2.05, 4.69) is 16.9 Å². The lowest BCUT2D eigenvalue weighted by atomic mass is 10.3. The Bertz CT molecular complexity index is 401. The SMILES string of the molecule is C=CCOC(C)C(=O)Nc1nc(CC)c(C)s1. The van der Waals surface area contributed by atoms with Crippen molar-refractivity contribution in [3.63, 3.8) is 0 Å². The van der Waals surface area contributed by atoms with Gasteiger partial charge in [-0.15, -0.1) is 17.9 Å². The van der Waals surface area contributed by atoms with Crippen molar-refractivity contribution >= 4 is 22.4 Å². The van der Waals surface area contributed by atoms with E-state index in [9.17, 15) is 4.79 Å². The van der Waals surface area contributed by atoms with Crippen LogP contribution >= 0.6 is 11.3 Å². The number of aryl methyl sites for hydroxylation is 2. The Morgan fingerprint density at radius 2 is 2.41 bits per heavy atom. The summed E-state index contributed by atoms with van der Waals surface area (Å²) in [6, 6.07) is 0. The van der Waals surface area contributed by atoms with E-state index in [4.69, 9.17) is 4.74 Å². The van der Waals surface area contributed by atoms with Crippen molar-refractivity contribution in [1.82, 2.24) is 4.98 Å². The van der Waals surface area contributed by atoms with Crippen LogP contribution in [0.2, 0.25) is 0 Å². The highest BCUT2D eigenvalue weighted by Crippen LogP contribution is 2.22. The third-order valence-corrected chi connectivity index (χ3v) is 3.22. The number of carbonyl (C=O) groups excluding carboxylic acids is 1. The highest BCUT2D eigenvalue weighted by Gasteiger charge is 2.15. The van der Waals surface area contributed by atoms with Gasteiger partial charge in [0.25, 0.3) is 5.91 Å². The van der Waals surface area contributed by atoms with Crippen LogP contribution < -0.4 is 5.32 Å². The molecule has 94 valence electrons. The van der Waals surface area contributed by atoms with Crippen LogP contribution in [-0.2, 0) is 16.0 Å². The zero-order valence-electron chi connectivity index (χ0n) is 10.4. The van der Waals surface area contributed by atoms with Crippen LogP contribution in [0.15, 0.2) is 12.7 Å². The van der Waals surface area contributed by atoms with Crippen molar-refractivity contribution in [2.24, 2.45) is 0 Å². The van der Waals surface area contributed by atoms with E-state index < -0.39 is 6.10 Å². The molecule has 1 atom stereocenters. The molecule has 1 rings (SSSR count). The average Bonchev–Trinajstić information content (AvgIpc) is 2.66. The van der Waals surface area contributed by atoms with Gasteiger partial charge in [0.05, 0.1) is 12.3 Å². The number of rotatable bonds is 6. The topological polar surface area (TPSA) is 51.2 Å². The molecule has 17 heavy (non-hydrogen) atoms. The van der Waals surface area contributed by atoms with Crippen LogP contribution in [0.4, 0.5) is 5.13 Å². The van der Waals surface area contributed by atoms with Crippen LogP contribution in [0.5, 0.6) is 0 Å². The van der Waals surface area contributed by atoms with Gasteiger partial charge in [-0.3, -0.25) is 10.1 Å². The quantitative estimate of drug-likeness (QED) is 0.794. The first-order valence-electron chi connectivity index (χ1n) is 5.58. The highest BCUT2D eigenvalue weighted by atomic mass is 32.1. The van der Waals surface area contributed by atoms with Crippen molar-refractivity contribution < 1.29 is 9.53 Å². The minimum absolute atomic E-state index is 0.178. The van der Waals surface area contributed by atoms with Gasteiger partial charge in [-0.05, 0) is 20.3 Å². The number of carbonyl (C=O) groups is 1. The van der Waals surface area contributed by atoms with Crippen molar-refractivity contribution in [2.75, 3.05) is 11.9 Å². The van der Waals surface area contributed by atoms with Crippen LogP contribution in [0.3, 0.4) is 0 Å². The van der Waals surface area contributed by atoms with Crippen molar-refractivity contribution in [2.45, 2.75) is 33.3 Å². The predicted octanol–water partition coefficient (Wildman–Crippen LogP) is 2.54. The molecule has 1 aromatic rings. The molecule has 0 aliphatic carbocycles. The summed E-state index contributed by atoms with van der Waals surface area (Å²) in [4.78, 5) is 17.2. The zero-order chi connectivity index (χ0) is 12.8. The Balaban J connectivity index is 2.57. The summed E-state index contributed by atoms with van der Waals surface area (Å²) >= 11 is 1.49.